The van der Waals surface area contributed by atoms with Crippen LogP contribution in [0.4, 0.5) is 0 Å². The lowest BCUT2D eigenvalue weighted by Crippen LogP contribution is -2.33. The molecule has 1 aromatic rings. The van der Waals surface area contributed by atoms with Crippen molar-refractivity contribution >= 4 is 16.0 Å². The molecule has 114 valence electrons. The van der Waals surface area contributed by atoms with Crippen molar-refractivity contribution in [3.8, 4) is 0 Å². The summed E-state index contributed by atoms with van der Waals surface area (Å²) in [6, 6.07) is 5.54. The highest BCUT2D eigenvalue weighted by Crippen LogP contribution is 2.42. The fraction of sp³-hybridized carbons (Fsp3) is 0.500. The Hall–Kier alpha value is -1.44. The molecule has 1 aromatic carbocycles. The summed E-state index contributed by atoms with van der Waals surface area (Å²) in [4.78, 5) is 11.1. The molecule has 1 aliphatic carbocycles. The summed E-state index contributed by atoms with van der Waals surface area (Å²) in [5, 5.41) is 9.17. The first-order valence-electron chi connectivity index (χ1n) is 6.99. The number of rotatable bonds is 4. The first-order valence-corrected chi connectivity index (χ1v) is 8.43. The molecule has 1 saturated carbocycles. The minimum absolute atomic E-state index is 0.152. The number of aromatic carboxylic acids is 1. The van der Waals surface area contributed by atoms with Crippen molar-refractivity contribution in [2.45, 2.75) is 23.8 Å². The van der Waals surface area contributed by atoms with Gasteiger partial charge in [0.2, 0.25) is 10.0 Å². The van der Waals surface area contributed by atoms with Gasteiger partial charge in [0.15, 0.2) is 0 Å². The molecule has 0 unspecified atom stereocenters. The van der Waals surface area contributed by atoms with E-state index in [1.54, 1.807) is 0 Å². The third-order valence-corrected chi connectivity index (χ3v) is 6.23. The van der Waals surface area contributed by atoms with Gasteiger partial charge in [-0.25, -0.2) is 13.2 Å². The van der Waals surface area contributed by atoms with Crippen molar-refractivity contribution in [1.82, 2.24) is 4.31 Å². The van der Waals surface area contributed by atoms with Gasteiger partial charge in [0, 0.05) is 19.1 Å². The Morgan fingerprint density at radius 1 is 1.24 bits per heavy atom. The van der Waals surface area contributed by atoms with E-state index in [1.807, 2.05) is 0 Å². The highest BCUT2D eigenvalue weighted by molar-refractivity contribution is 7.89. The van der Waals surface area contributed by atoms with Gasteiger partial charge in [-0.15, -0.1) is 0 Å². The van der Waals surface area contributed by atoms with Crippen LogP contribution in [0.25, 0.3) is 0 Å². The Kier molecular flexibility index (Phi) is 3.51. The number of nitrogens with zero attached hydrogens (tertiary/aromatic N) is 1. The van der Waals surface area contributed by atoms with Crippen LogP contribution in [0.2, 0.25) is 0 Å². The number of carbonyl (C=O) groups is 1. The van der Waals surface area contributed by atoms with Gasteiger partial charge in [-0.3, -0.25) is 0 Å². The maximum atomic E-state index is 12.7. The zero-order valence-electron chi connectivity index (χ0n) is 11.5. The first-order chi connectivity index (χ1) is 9.91. The summed E-state index contributed by atoms with van der Waals surface area (Å²) in [7, 11) is -3.81. The van der Waals surface area contributed by atoms with Gasteiger partial charge in [0.05, 0.1) is 10.5 Å². The van der Waals surface area contributed by atoms with Crippen molar-refractivity contribution in [3.63, 3.8) is 0 Å². The van der Waals surface area contributed by atoms with Gasteiger partial charge in [0.1, 0.15) is 0 Å². The van der Waals surface area contributed by atoms with Gasteiger partial charge in [-0.2, -0.15) is 4.31 Å². The van der Waals surface area contributed by atoms with E-state index in [9.17, 15) is 13.2 Å². The second kappa shape index (κ2) is 5.08. The number of hydrogen-bond donors (Lipinski definition) is 2. The van der Waals surface area contributed by atoms with E-state index in [-0.39, 0.29) is 29.0 Å². The van der Waals surface area contributed by atoms with Crippen LogP contribution in [0, 0.1) is 11.8 Å². The number of benzene rings is 1. The van der Waals surface area contributed by atoms with E-state index in [2.05, 4.69) is 0 Å². The molecule has 21 heavy (non-hydrogen) atoms. The van der Waals surface area contributed by atoms with Crippen molar-refractivity contribution < 1.29 is 18.3 Å². The average Bonchev–Trinajstić information content (AvgIpc) is 3.21. The van der Waals surface area contributed by atoms with Crippen LogP contribution in [0.1, 0.15) is 23.2 Å². The van der Waals surface area contributed by atoms with Crippen molar-refractivity contribution in [3.05, 3.63) is 29.8 Å². The number of carboxylic acids is 1. The summed E-state index contributed by atoms with van der Waals surface area (Å²) in [5.74, 6) is -0.525. The fourth-order valence-corrected chi connectivity index (χ4v) is 4.74. The Bertz CT molecular complexity index is 669. The van der Waals surface area contributed by atoms with Crippen molar-refractivity contribution in [1.29, 1.82) is 0 Å². The molecule has 1 aliphatic heterocycles. The molecule has 0 amide bonds. The lowest BCUT2D eigenvalue weighted by atomic mass is 9.99. The second-order valence-corrected chi connectivity index (χ2v) is 7.69. The minimum atomic E-state index is -3.81. The molecule has 2 aliphatic rings. The molecule has 1 heterocycles. The lowest BCUT2D eigenvalue weighted by molar-refractivity contribution is 0.0692. The van der Waals surface area contributed by atoms with E-state index in [4.69, 9.17) is 10.8 Å². The van der Waals surface area contributed by atoms with Crippen LogP contribution in [-0.4, -0.2) is 42.9 Å². The van der Waals surface area contributed by atoms with Crippen LogP contribution in [0.3, 0.4) is 0 Å². The SMILES string of the molecule is N[C@@H]1CN(S(=O)(=O)c2ccccc2C(=O)O)C[C@H]1C1CC1. The molecule has 0 bridgehead atoms. The van der Waals surface area contributed by atoms with Crippen LogP contribution >= 0.6 is 0 Å². The van der Waals surface area contributed by atoms with E-state index in [0.29, 0.717) is 12.5 Å². The predicted octanol–water partition coefficient (Wildman–Crippen LogP) is 0.743. The number of carboxylic acid groups (broad SMARTS) is 1. The standard InChI is InChI=1S/C14H18N2O4S/c15-12-8-16(7-11(12)9-5-6-9)21(19,20)13-4-2-1-3-10(13)14(17)18/h1-4,9,11-12H,5-8,15H2,(H,17,18)/t11-,12+/m0/s1. The molecule has 2 atom stereocenters. The third-order valence-electron chi connectivity index (χ3n) is 4.34. The molecule has 3 rings (SSSR count). The first kappa shape index (κ1) is 14.5. The maximum Gasteiger partial charge on any atom is 0.337 e. The molecule has 7 heteroatoms. The van der Waals surface area contributed by atoms with E-state index >= 15 is 0 Å². The molecule has 0 spiro atoms. The second-order valence-electron chi connectivity index (χ2n) is 5.79. The smallest absolute Gasteiger partial charge is 0.337 e. The summed E-state index contributed by atoms with van der Waals surface area (Å²) >= 11 is 0. The Morgan fingerprint density at radius 3 is 2.52 bits per heavy atom. The van der Waals surface area contributed by atoms with Crippen LogP contribution < -0.4 is 5.73 Å². The van der Waals surface area contributed by atoms with Gasteiger partial charge < -0.3 is 10.8 Å². The fourth-order valence-electron chi connectivity index (χ4n) is 3.04. The number of sulfonamides is 1. The molecular formula is C14H18N2O4S. The van der Waals surface area contributed by atoms with Crippen molar-refractivity contribution in [2.24, 2.45) is 17.6 Å². The number of nitrogens with two attached hydrogens (primary N) is 1. The third kappa shape index (κ3) is 2.56. The summed E-state index contributed by atoms with van der Waals surface area (Å²) < 4.78 is 26.7. The zero-order valence-corrected chi connectivity index (χ0v) is 12.3. The lowest BCUT2D eigenvalue weighted by Gasteiger charge is -2.17. The highest BCUT2D eigenvalue weighted by Gasteiger charge is 2.45. The Morgan fingerprint density at radius 2 is 1.90 bits per heavy atom. The highest BCUT2D eigenvalue weighted by atomic mass is 32.2. The molecule has 0 aromatic heterocycles. The van der Waals surface area contributed by atoms with E-state index in [1.165, 1.54) is 28.6 Å². The normalized spacial score (nSPS) is 26.9. The molecule has 3 N–H and O–H groups in total. The topological polar surface area (TPSA) is 101 Å². The minimum Gasteiger partial charge on any atom is -0.478 e. The average molecular weight is 310 g/mol. The maximum absolute atomic E-state index is 12.7. The van der Waals surface area contributed by atoms with Crippen molar-refractivity contribution in [2.75, 3.05) is 13.1 Å². The summed E-state index contributed by atoms with van der Waals surface area (Å²) in [5.41, 5.74) is 5.87. The van der Waals surface area contributed by atoms with Crippen LogP contribution in [-0.2, 0) is 10.0 Å². The Balaban J connectivity index is 1.93. The van der Waals surface area contributed by atoms with Crippen LogP contribution in [0.5, 0.6) is 0 Å². The zero-order chi connectivity index (χ0) is 15.2. The van der Waals surface area contributed by atoms with E-state index < -0.39 is 16.0 Å². The predicted molar refractivity (Wildman–Crippen MR) is 76.3 cm³/mol. The van der Waals surface area contributed by atoms with E-state index in [0.717, 1.165) is 12.8 Å². The molecule has 0 radical (unpaired) electrons. The summed E-state index contributed by atoms with van der Waals surface area (Å²) in [6.45, 7) is 0.652. The summed E-state index contributed by atoms with van der Waals surface area (Å²) in [6.07, 6.45) is 2.22. The quantitative estimate of drug-likeness (QED) is 0.854. The molecule has 6 nitrogen and oxygen atoms in total. The Labute approximate surface area is 123 Å². The molecular weight excluding hydrogens is 292 g/mol. The van der Waals surface area contributed by atoms with Gasteiger partial charge in [-0.05, 0) is 36.8 Å². The van der Waals surface area contributed by atoms with Gasteiger partial charge in [-0.1, -0.05) is 12.1 Å². The monoisotopic (exact) mass is 310 g/mol. The largest absolute Gasteiger partial charge is 0.478 e. The van der Waals surface area contributed by atoms with Crippen LogP contribution in [0.15, 0.2) is 29.2 Å². The number of hydrogen-bond acceptors (Lipinski definition) is 4. The van der Waals surface area contributed by atoms with Gasteiger partial charge >= 0.3 is 5.97 Å². The molecule has 2 fully saturated rings. The van der Waals surface area contributed by atoms with Gasteiger partial charge in [0.25, 0.3) is 0 Å². The molecule has 1 saturated heterocycles.